The molecule has 0 bridgehead atoms. The first-order valence-electron chi connectivity index (χ1n) is 6.95. The van der Waals surface area contributed by atoms with Crippen LogP contribution in [0.1, 0.15) is 5.56 Å². The maximum atomic E-state index is 3.48. The number of anilines is 1. The number of nitrogens with one attached hydrogen (secondary N) is 1. The van der Waals surface area contributed by atoms with Gasteiger partial charge in [-0.2, -0.15) is 0 Å². The summed E-state index contributed by atoms with van der Waals surface area (Å²) >= 11 is 3.46. The molecule has 3 aromatic rings. The average molecular weight is 338 g/mol. The van der Waals surface area contributed by atoms with Gasteiger partial charge >= 0.3 is 0 Å². The number of halogens is 1. The van der Waals surface area contributed by atoms with Crippen molar-refractivity contribution in [2.24, 2.45) is 0 Å². The average Bonchev–Trinajstić information content (AvgIpc) is 2.55. The van der Waals surface area contributed by atoms with Gasteiger partial charge in [-0.05, 0) is 41.0 Å². The molecule has 2 heteroatoms. The molecule has 0 aliphatic carbocycles. The van der Waals surface area contributed by atoms with Crippen molar-refractivity contribution < 1.29 is 0 Å². The maximum absolute atomic E-state index is 3.48. The van der Waals surface area contributed by atoms with Crippen LogP contribution < -0.4 is 5.32 Å². The van der Waals surface area contributed by atoms with Gasteiger partial charge in [-0.3, -0.25) is 0 Å². The third-order valence-electron chi connectivity index (χ3n) is 3.38. The summed E-state index contributed by atoms with van der Waals surface area (Å²) in [6.07, 6.45) is 0. The Bertz CT molecular complexity index is 705. The van der Waals surface area contributed by atoms with Crippen LogP contribution in [0.5, 0.6) is 0 Å². The Morgan fingerprint density at radius 2 is 1.43 bits per heavy atom. The van der Waals surface area contributed by atoms with Gasteiger partial charge < -0.3 is 5.32 Å². The van der Waals surface area contributed by atoms with E-state index in [-0.39, 0.29) is 0 Å². The topological polar surface area (TPSA) is 12.0 Å². The van der Waals surface area contributed by atoms with Crippen LogP contribution in [0.4, 0.5) is 5.69 Å². The van der Waals surface area contributed by atoms with Gasteiger partial charge in [0.15, 0.2) is 0 Å². The highest BCUT2D eigenvalue weighted by molar-refractivity contribution is 9.10. The molecule has 3 aromatic carbocycles. The van der Waals surface area contributed by atoms with Gasteiger partial charge in [0.05, 0.1) is 0 Å². The molecule has 0 aromatic heterocycles. The fourth-order valence-corrected chi connectivity index (χ4v) is 2.51. The monoisotopic (exact) mass is 337 g/mol. The van der Waals surface area contributed by atoms with E-state index in [1.165, 1.54) is 16.7 Å². The summed E-state index contributed by atoms with van der Waals surface area (Å²) in [7, 11) is 0. The third-order valence-corrected chi connectivity index (χ3v) is 3.91. The van der Waals surface area contributed by atoms with Gasteiger partial charge in [-0.1, -0.05) is 70.5 Å². The highest BCUT2D eigenvalue weighted by Gasteiger charge is 1.99. The van der Waals surface area contributed by atoms with E-state index in [4.69, 9.17) is 0 Å². The number of rotatable bonds is 4. The Balaban J connectivity index is 1.73. The second-order valence-corrected chi connectivity index (χ2v) is 5.84. The molecule has 0 aliphatic rings. The van der Waals surface area contributed by atoms with Crippen molar-refractivity contribution in [3.63, 3.8) is 0 Å². The highest BCUT2D eigenvalue weighted by atomic mass is 79.9. The molecule has 0 saturated heterocycles. The first-order valence-corrected chi connectivity index (χ1v) is 7.74. The molecule has 3 rings (SSSR count). The second kappa shape index (κ2) is 6.59. The SMILES string of the molecule is Brc1ccc(CNc2cccc(-c3ccccc3)c2)cc1. The molecule has 0 aliphatic heterocycles. The van der Waals surface area contributed by atoms with Crippen molar-refractivity contribution in [2.75, 3.05) is 5.32 Å². The summed E-state index contributed by atoms with van der Waals surface area (Å²) in [6.45, 7) is 0.825. The van der Waals surface area contributed by atoms with Crippen molar-refractivity contribution in [3.8, 4) is 11.1 Å². The Hall–Kier alpha value is -2.06. The Morgan fingerprint density at radius 1 is 0.714 bits per heavy atom. The lowest BCUT2D eigenvalue weighted by Crippen LogP contribution is -1.99. The minimum absolute atomic E-state index is 0.825. The number of hydrogen-bond donors (Lipinski definition) is 1. The zero-order valence-corrected chi connectivity index (χ0v) is 13.2. The lowest BCUT2D eigenvalue weighted by Gasteiger charge is -2.09. The fourth-order valence-electron chi connectivity index (χ4n) is 2.25. The molecule has 1 N–H and O–H groups in total. The molecule has 0 saturated carbocycles. The molecule has 21 heavy (non-hydrogen) atoms. The lowest BCUT2D eigenvalue weighted by atomic mass is 10.1. The summed E-state index contributed by atoms with van der Waals surface area (Å²) in [5, 5.41) is 3.48. The standard InChI is InChI=1S/C19H16BrN/c20-18-11-9-15(10-12-18)14-21-19-8-4-7-17(13-19)16-5-2-1-3-6-16/h1-13,21H,14H2. The molecular weight excluding hydrogens is 322 g/mol. The lowest BCUT2D eigenvalue weighted by molar-refractivity contribution is 1.15. The van der Waals surface area contributed by atoms with E-state index in [0.29, 0.717) is 0 Å². The Morgan fingerprint density at radius 3 is 2.19 bits per heavy atom. The van der Waals surface area contributed by atoms with Gasteiger partial charge in [-0.25, -0.2) is 0 Å². The van der Waals surface area contributed by atoms with E-state index >= 15 is 0 Å². The van der Waals surface area contributed by atoms with Crippen LogP contribution in [0.3, 0.4) is 0 Å². The van der Waals surface area contributed by atoms with Crippen LogP contribution >= 0.6 is 15.9 Å². The summed E-state index contributed by atoms with van der Waals surface area (Å²) in [5.41, 5.74) is 4.88. The van der Waals surface area contributed by atoms with Crippen LogP contribution in [0.2, 0.25) is 0 Å². The van der Waals surface area contributed by atoms with Crippen LogP contribution in [-0.2, 0) is 6.54 Å². The van der Waals surface area contributed by atoms with Crippen molar-refractivity contribution >= 4 is 21.6 Å². The van der Waals surface area contributed by atoms with E-state index in [1.807, 2.05) is 6.07 Å². The number of hydrogen-bond acceptors (Lipinski definition) is 1. The maximum Gasteiger partial charge on any atom is 0.0400 e. The van der Waals surface area contributed by atoms with Crippen LogP contribution in [-0.4, -0.2) is 0 Å². The van der Waals surface area contributed by atoms with Gasteiger partial charge in [0.25, 0.3) is 0 Å². The van der Waals surface area contributed by atoms with E-state index in [0.717, 1.165) is 16.7 Å². The minimum Gasteiger partial charge on any atom is -0.381 e. The largest absolute Gasteiger partial charge is 0.381 e. The smallest absolute Gasteiger partial charge is 0.0400 e. The summed E-state index contributed by atoms with van der Waals surface area (Å²) < 4.78 is 1.11. The highest BCUT2D eigenvalue weighted by Crippen LogP contribution is 2.22. The van der Waals surface area contributed by atoms with Crippen molar-refractivity contribution in [3.05, 3.63) is 88.9 Å². The molecule has 104 valence electrons. The molecular formula is C19H16BrN. The van der Waals surface area contributed by atoms with E-state index in [9.17, 15) is 0 Å². The van der Waals surface area contributed by atoms with Crippen molar-refractivity contribution in [2.45, 2.75) is 6.54 Å². The normalized spacial score (nSPS) is 10.3. The predicted octanol–water partition coefficient (Wildman–Crippen LogP) is 5.73. The Kier molecular flexibility index (Phi) is 4.37. The molecule has 0 amide bonds. The zero-order valence-electron chi connectivity index (χ0n) is 11.6. The van der Waals surface area contributed by atoms with Crippen LogP contribution in [0, 0.1) is 0 Å². The molecule has 0 fully saturated rings. The quantitative estimate of drug-likeness (QED) is 0.641. The van der Waals surface area contributed by atoms with Gasteiger partial charge in [0.1, 0.15) is 0 Å². The first kappa shape index (κ1) is 13.9. The fraction of sp³-hybridized carbons (Fsp3) is 0.0526. The Labute approximate surface area is 133 Å². The first-order chi connectivity index (χ1) is 10.3. The van der Waals surface area contributed by atoms with E-state index in [1.54, 1.807) is 0 Å². The second-order valence-electron chi connectivity index (χ2n) is 4.93. The molecule has 0 unspecified atom stereocenters. The minimum atomic E-state index is 0.825. The van der Waals surface area contributed by atoms with Crippen LogP contribution in [0.25, 0.3) is 11.1 Å². The molecule has 0 heterocycles. The summed E-state index contributed by atoms with van der Waals surface area (Å²) in [5.74, 6) is 0. The number of benzene rings is 3. The molecule has 0 radical (unpaired) electrons. The molecule has 0 atom stereocenters. The van der Waals surface area contributed by atoms with Crippen LogP contribution in [0.15, 0.2) is 83.3 Å². The van der Waals surface area contributed by atoms with Gasteiger partial charge in [0.2, 0.25) is 0 Å². The van der Waals surface area contributed by atoms with Gasteiger partial charge in [0, 0.05) is 16.7 Å². The van der Waals surface area contributed by atoms with Crippen molar-refractivity contribution in [1.29, 1.82) is 0 Å². The molecule has 1 nitrogen and oxygen atoms in total. The summed E-state index contributed by atoms with van der Waals surface area (Å²) in [4.78, 5) is 0. The van der Waals surface area contributed by atoms with Gasteiger partial charge in [-0.15, -0.1) is 0 Å². The molecule has 0 spiro atoms. The van der Waals surface area contributed by atoms with Crippen molar-refractivity contribution in [1.82, 2.24) is 0 Å². The van der Waals surface area contributed by atoms with E-state index in [2.05, 4.69) is 94.0 Å². The zero-order chi connectivity index (χ0) is 14.5. The van der Waals surface area contributed by atoms with E-state index < -0.39 is 0 Å². The third kappa shape index (κ3) is 3.73. The predicted molar refractivity (Wildman–Crippen MR) is 93.3 cm³/mol. The summed E-state index contributed by atoms with van der Waals surface area (Å²) in [6, 6.07) is 27.3.